The van der Waals surface area contributed by atoms with Crippen molar-refractivity contribution >= 4 is 77.1 Å². The van der Waals surface area contributed by atoms with E-state index in [1.165, 1.54) is 32.8 Å². The summed E-state index contributed by atoms with van der Waals surface area (Å²) >= 11 is 5.86. The molecular formula is C38H50B2ClN16O2-. The molecule has 0 aliphatic carbocycles. The van der Waals surface area contributed by atoms with Crippen LogP contribution in [0.4, 0.5) is 29.2 Å². The number of hydrogen-bond donors (Lipinski definition) is 6. The molecule has 10 heterocycles. The number of anilines is 5. The van der Waals surface area contributed by atoms with Gasteiger partial charge in [-0.2, -0.15) is 30.1 Å². The number of aromatic nitrogens is 10. The summed E-state index contributed by atoms with van der Waals surface area (Å²) in [4.78, 5) is 30.7. The Hall–Kier alpha value is -5.14. The van der Waals surface area contributed by atoms with Gasteiger partial charge in [-0.1, -0.05) is 12.8 Å². The molecule has 6 aromatic rings. The van der Waals surface area contributed by atoms with Crippen molar-refractivity contribution in [3.8, 4) is 0 Å². The summed E-state index contributed by atoms with van der Waals surface area (Å²) in [5.41, 5.74) is 4.17. The zero-order valence-corrected chi connectivity index (χ0v) is 34.7. The molecule has 0 amide bonds. The van der Waals surface area contributed by atoms with E-state index in [2.05, 4.69) is 71.3 Å². The monoisotopic (exact) mass is 819 g/mol. The van der Waals surface area contributed by atoms with E-state index < -0.39 is 0 Å². The van der Waals surface area contributed by atoms with Gasteiger partial charge >= 0.3 is 25.7 Å². The molecule has 10 rings (SSSR count). The summed E-state index contributed by atoms with van der Waals surface area (Å²) < 4.78 is 8.81. The van der Waals surface area contributed by atoms with Gasteiger partial charge in [0.05, 0.1) is 10.8 Å². The maximum atomic E-state index is 9.80. The van der Waals surface area contributed by atoms with Crippen molar-refractivity contribution in [2.75, 3.05) is 67.9 Å². The first-order chi connectivity index (χ1) is 28.6. The molecule has 4 aliphatic heterocycles. The number of fused-ring (bicyclic) bond motifs is 2. The Morgan fingerprint density at radius 1 is 0.831 bits per heavy atom. The van der Waals surface area contributed by atoms with Gasteiger partial charge in [0.25, 0.3) is 0 Å². The second-order valence-corrected chi connectivity index (χ2v) is 16.0. The Balaban J connectivity index is 0.000000148. The van der Waals surface area contributed by atoms with E-state index in [0.29, 0.717) is 39.7 Å². The largest absolute Gasteiger partial charge is 0.323 e. The van der Waals surface area contributed by atoms with Crippen LogP contribution in [0.2, 0.25) is 18.9 Å². The van der Waals surface area contributed by atoms with Crippen LogP contribution in [0, 0.1) is 24.7 Å². The van der Waals surface area contributed by atoms with Crippen LogP contribution >= 0.6 is 11.6 Å². The van der Waals surface area contributed by atoms with Gasteiger partial charge in [0.2, 0.25) is 11.2 Å². The van der Waals surface area contributed by atoms with Gasteiger partial charge in [-0.15, -0.1) is 13.1 Å². The molecule has 0 bridgehead atoms. The Morgan fingerprint density at radius 3 is 1.85 bits per heavy atom. The molecule has 0 unspecified atom stereocenters. The minimum atomic E-state index is -0.363. The summed E-state index contributed by atoms with van der Waals surface area (Å²) in [5.74, 6) is 3.41. The first kappa shape index (κ1) is 42.0. The molecular weight excluding hydrogens is 770 g/mol. The normalized spacial score (nSPS) is 17.6. The van der Waals surface area contributed by atoms with Gasteiger partial charge in [-0.05, 0) is 87.9 Å². The van der Waals surface area contributed by atoms with Gasteiger partial charge in [-0.3, -0.25) is 10.2 Å². The van der Waals surface area contributed by atoms with Gasteiger partial charge < -0.3 is 36.0 Å². The molecule has 2 spiro atoms. The number of H-pyrrole nitrogens is 2. The molecule has 6 N–H and O–H groups in total. The average Bonchev–Trinajstić information content (AvgIpc) is 3.83. The third-order valence-corrected chi connectivity index (χ3v) is 11.3. The smallest absolute Gasteiger partial charge is 0.226 e. The van der Waals surface area contributed by atoms with Crippen molar-refractivity contribution in [1.82, 2.24) is 60.4 Å². The van der Waals surface area contributed by atoms with Crippen molar-refractivity contribution in [3.63, 3.8) is 0 Å². The van der Waals surface area contributed by atoms with E-state index >= 15 is 0 Å². The topological polar surface area (TPSA) is 229 Å². The Morgan fingerprint density at radius 2 is 1.37 bits per heavy atom. The van der Waals surface area contributed by atoms with Crippen molar-refractivity contribution in [2.24, 2.45) is 10.8 Å². The van der Waals surface area contributed by atoms with Crippen LogP contribution in [-0.2, 0) is 4.70 Å². The molecule has 21 heteroatoms. The van der Waals surface area contributed by atoms with E-state index in [1.54, 1.807) is 12.4 Å². The Kier molecular flexibility index (Phi) is 13.4. The fourth-order valence-corrected chi connectivity index (χ4v) is 7.88. The molecule has 59 heavy (non-hydrogen) atoms. The molecule has 4 saturated heterocycles. The minimum absolute atomic E-state index is 0.149. The minimum Gasteiger partial charge on any atom is -0.323 e. The molecule has 4 fully saturated rings. The fourth-order valence-electron chi connectivity index (χ4n) is 7.72. The molecule has 308 valence electrons. The van der Waals surface area contributed by atoms with Crippen LogP contribution in [-0.4, -0.2) is 127 Å². The molecule has 6 aromatic heterocycles. The second kappa shape index (κ2) is 18.8. The SMILES string of the molecule is C1CC2(CC[N-]1)CNC2.CB(O)N1CCC2(CC1)CN(c1nc(Nc3cc(C)[nH]n3)c3cccnc3n1)C2.CB=O.Cc1cc(Nc2nc(Cl)nc3ncccc23)n[nH]1. The molecule has 0 saturated carbocycles. The maximum Gasteiger partial charge on any atom is 0.226 e. The van der Waals surface area contributed by atoms with Gasteiger partial charge in [0.1, 0.15) is 11.6 Å². The van der Waals surface area contributed by atoms with E-state index in [1.807, 2.05) is 57.1 Å². The van der Waals surface area contributed by atoms with Crippen molar-refractivity contribution < 1.29 is 9.73 Å². The van der Waals surface area contributed by atoms with E-state index in [9.17, 15) is 5.02 Å². The van der Waals surface area contributed by atoms with Crippen LogP contribution < -0.4 is 20.9 Å². The summed E-state index contributed by atoms with van der Waals surface area (Å²) in [6.45, 7) is 15.7. The predicted molar refractivity (Wildman–Crippen MR) is 232 cm³/mol. The number of piperidine rings is 2. The predicted octanol–water partition coefficient (Wildman–Crippen LogP) is 5.09. The van der Waals surface area contributed by atoms with E-state index in [4.69, 9.17) is 26.3 Å². The Labute approximate surface area is 349 Å². The second-order valence-electron chi connectivity index (χ2n) is 15.6. The van der Waals surface area contributed by atoms with Crippen molar-refractivity contribution in [2.45, 2.75) is 53.2 Å². The van der Waals surface area contributed by atoms with E-state index in [-0.39, 0.29) is 12.3 Å². The fraction of sp³-hybridized carbons (Fsp3) is 0.474. The third-order valence-electron chi connectivity index (χ3n) is 11.1. The number of nitrogens with zero attached hydrogens (tertiary/aromatic N) is 11. The summed E-state index contributed by atoms with van der Waals surface area (Å²) in [5, 5.41) is 39.8. The average molecular weight is 820 g/mol. The van der Waals surface area contributed by atoms with Crippen LogP contribution in [0.5, 0.6) is 0 Å². The summed E-state index contributed by atoms with van der Waals surface area (Å²) in [7, 11) is 0.387. The number of hydrogen-bond acceptors (Lipinski definition) is 15. The number of rotatable bonds is 6. The third kappa shape index (κ3) is 10.4. The Bertz CT molecular complexity index is 2320. The van der Waals surface area contributed by atoms with Crippen LogP contribution in [0.15, 0.2) is 48.8 Å². The van der Waals surface area contributed by atoms with Crippen LogP contribution in [0.3, 0.4) is 0 Å². The number of pyridine rings is 2. The zero-order valence-electron chi connectivity index (χ0n) is 33.9. The molecule has 4 aliphatic rings. The van der Waals surface area contributed by atoms with Gasteiger partial charge in [0.15, 0.2) is 22.9 Å². The van der Waals surface area contributed by atoms with Gasteiger partial charge in [-0.25, -0.2) is 9.97 Å². The quantitative estimate of drug-likeness (QED) is 0.0950. The van der Waals surface area contributed by atoms with Gasteiger partial charge in [0, 0.05) is 67.5 Å². The number of nitrogens with one attached hydrogen (secondary N) is 5. The maximum absolute atomic E-state index is 9.80. The van der Waals surface area contributed by atoms with Crippen molar-refractivity contribution in [1.29, 1.82) is 0 Å². The standard InChI is InChI=1S/C19H25BN8O.C11H9ClN6.C7H13N2.CH3BO/c1-13-10-15(26-25-13)22-17-14-4-3-7-21-16(14)23-18(24-17)27-11-19(12-27)5-8-28(9-6-19)20(2)29;1-6-5-8(18-17-6)14-10-7-3-2-4-13-9(7)15-11(12)16-10;1-3-8-4-2-7(1)5-9-6-7;1-2-3/h3-4,7,10,29H,5-6,8-9,11-12H2,1-2H3,(H2,21,22,23,24,25,26);2-5H,1H3,(H2,13,14,15,16,17,18);9H,1-6H2;1H3/q;;-1;. The molecule has 0 aromatic carbocycles. The first-order valence-corrected chi connectivity index (χ1v) is 20.3. The zero-order chi connectivity index (χ0) is 41.4. The molecule has 0 atom stereocenters. The number of halogens is 1. The number of aromatic amines is 2. The first-order valence-electron chi connectivity index (χ1n) is 20.0. The number of aryl methyl sites for hydroxylation is 2. The molecule has 18 nitrogen and oxygen atoms in total. The molecule has 0 radical (unpaired) electrons. The van der Waals surface area contributed by atoms with E-state index in [0.717, 1.165) is 93.1 Å². The van der Waals surface area contributed by atoms with Crippen molar-refractivity contribution in [3.05, 3.63) is 70.8 Å². The summed E-state index contributed by atoms with van der Waals surface area (Å²) in [6.07, 6.45) is 8.27. The summed E-state index contributed by atoms with van der Waals surface area (Å²) in [6, 6.07) is 11.4. The van der Waals surface area contributed by atoms with Crippen LogP contribution in [0.25, 0.3) is 27.4 Å². The van der Waals surface area contributed by atoms with Crippen LogP contribution in [0.1, 0.15) is 37.1 Å².